The first-order chi connectivity index (χ1) is 11.9. The highest BCUT2D eigenvalue weighted by Crippen LogP contribution is 2.37. The number of aromatic amines is 2. The average Bonchev–Trinajstić information content (AvgIpc) is 3.20. The number of aromatic nitrogens is 2. The molecule has 0 unspecified atom stereocenters. The maximum absolute atomic E-state index is 3.67. The van der Waals surface area contributed by atoms with Gasteiger partial charge in [0.1, 0.15) is 0 Å². The van der Waals surface area contributed by atoms with Gasteiger partial charge in [-0.2, -0.15) is 0 Å². The standard InChI is InChI=1S/C22H18N2/c1-2-19-14-8-3-4-10-16(14)21(23-19)18-12-7-11-17-15-9-5-6-13-20(15)24-22(17)18/h3-13,23-24H,2H2,1H3. The maximum Gasteiger partial charge on any atom is 0.0559 e. The molecule has 116 valence electrons. The Labute approximate surface area is 140 Å². The molecule has 5 rings (SSSR count). The molecular formula is C22H18N2. The highest BCUT2D eigenvalue weighted by atomic mass is 14.8. The predicted octanol–water partition coefficient (Wildman–Crippen LogP) is 6.03. The van der Waals surface area contributed by atoms with Crippen molar-refractivity contribution in [2.75, 3.05) is 0 Å². The molecule has 24 heavy (non-hydrogen) atoms. The van der Waals surface area contributed by atoms with E-state index in [1.807, 2.05) is 0 Å². The van der Waals surface area contributed by atoms with Crippen molar-refractivity contribution in [1.29, 1.82) is 0 Å². The van der Waals surface area contributed by atoms with Gasteiger partial charge in [0.25, 0.3) is 0 Å². The van der Waals surface area contributed by atoms with E-state index in [4.69, 9.17) is 0 Å². The fraction of sp³-hybridized carbons (Fsp3) is 0.0909. The third kappa shape index (κ3) is 1.77. The Bertz CT molecular complexity index is 1190. The summed E-state index contributed by atoms with van der Waals surface area (Å²) in [6.07, 6.45) is 1.00. The van der Waals surface area contributed by atoms with Crippen molar-refractivity contribution >= 4 is 32.6 Å². The fourth-order valence-corrected chi connectivity index (χ4v) is 3.82. The van der Waals surface area contributed by atoms with Crippen molar-refractivity contribution < 1.29 is 0 Å². The summed E-state index contributed by atoms with van der Waals surface area (Å²) in [5.41, 5.74) is 6.13. The lowest BCUT2D eigenvalue weighted by molar-refractivity contribution is 1.08. The van der Waals surface area contributed by atoms with Gasteiger partial charge in [-0.1, -0.05) is 67.6 Å². The smallest absolute Gasteiger partial charge is 0.0559 e. The lowest BCUT2D eigenvalue weighted by Crippen LogP contribution is -1.83. The van der Waals surface area contributed by atoms with Crippen molar-refractivity contribution in [3.05, 3.63) is 72.4 Å². The van der Waals surface area contributed by atoms with Gasteiger partial charge in [0.2, 0.25) is 0 Å². The van der Waals surface area contributed by atoms with Crippen molar-refractivity contribution in [1.82, 2.24) is 9.97 Å². The summed E-state index contributed by atoms with van der Waals surface area (Å²) in [5.74, 6) is 0. The first-order valence-corrected chi connectivity index (χ1v) is 8.46. The lowest BCUT2D eigenvalue weighted by Gasteiger charge is -2.02. The topological polar surface area (TPSA) is 31.6 Å². The second-order valence-corrected chi connectivity index (χ2v) is 6.28. The van der Waals surface area contributed by atoms with Gasteiger partial charge in [-0.25, -0.2) is 0 Å². The van der Waals surface area contributed by atoms with Gasteiger partial charge in [-0.15, -0.1) is 0 Å². The molecule has 0 amide bonds. The quantitative estimate of drug-likeness (QED) is 0.399. The summed E-state index contributed by atoms with van der Waals surface area (Å²) >= 11 is 0. The van der Waals surface area contributed by atoms with Crippen LogP contribution in [0.15, 0.2) is 66.7 Å². The third-order valence-electron chi connectivity index (χ3n) is 4.96. The van der Waals surface area contributed by atoms with E-state index >= 15 is 0 Å². The van der Waals surface area contributed by atoms with E-state index in [1.54, 1.807) is 0 Å². The monoisotopic (exact) mass is 310 g/mol. The van der Waals surface area contributed by atoms with Crippen LogP contribution >= 0.6 is 0 Å². The van der Waals surface area contributed by atoms with Crippen LogP contribution in [0.2, 0.25) is 0 Å². The Morgan fingerprint density at radius 2 is 1.38 bits per heavy atom. The number of benzene rings is 3. The molecule has 3 aromatic carbocycles. The van der Waals surface area contributed by atoms with Gasteiger partial charge in [-0.05, 0) is 12.5 Å². The molecule has 2 heteroatoms. The van der Waals surface area contributed by atoms with Gasteiger partial charge < -0.3 is 9.97 Å². The van der Waals surface area contributed by atoms with E-state index in [0.29, 0.717) is 0 Å². The number of fused-ring (bicyclic) bond motifs is 4. The SMILES string of the molecule is CCc1[nH]c(-c2cccc3c2[nH]c2ccccc23)c2ccccc12. The fourth-order valence-electron chi connectivity index (χ4n) is 3.82. The third-order valence-corrected chi connectivity index (χ3v) is 4.96. The summed E-state index contributed by atoms with van der Waals surface area (Å²) in [6, 6.07) is 23.7. The average molecular weight is 310 g/mol. The lowest BCUT2D eigenvalue weighted by atomic mass is 10.0. The normalized spacial score (nSPS) is 11.7. The van der Waals surface area contributed by atoms with E-state index in [-0.39, 0.29) is 0 Å². The molecule has 0 radical (unpaired) electrons. The minimum Gasteiger partial charge on any atom is -0.357 e. The Morgan fingerprint density at radius 3 is 2.21 bits per heavy atom. The Morgan fingerprint density at radius 1 is 0.667 bits per heavy atom. The summed E-state index contributed by atoms with van der Waals surface area (Å²) in [4.78, 5) is 7.29. The molecule has 0 bridgehead atoms. The van der Waals surface area contributed by atoms with Crippen molar-refractivity contribution in [2.24, 2.45) is 0 Å². The number of para-hydroxylation sites is 2. The van der Waals surface area contributed by atoms with Crippen LogP contribution in [-0.2, 0) is 6.42 Å². The van der Waals surface area contributed by atoms with E-state index in [0.717, 1.165) is 6.42 Å². The Hall–Kier alpha value is -3.00. The van der Waals surface area contributed by atoms with Gasteiger partial charge in [0.05, 0.1) is 11.2 Å². The van der Waals surface area contributed by atoms with E-state index < -0.39 is 0 Å². The number of hydrogen-bond acceptors (Lipinski definition) is 0. The minimum atomic E-state index is 1.00. The van der Waals surface area contributed by atoms with Crippen molar-refractivity contribution in [2.45, 2.75) is 13.3 Å². The molecule has 0 spiro atoms. The molecule has 0 saturated heterocycles. The van der Waals surface area contributed by atoms with E-state index in [2.05, 4.69) is 83.6 Å². The highest BCUT2D eigenvalue weighted by molar-refractivity contribution is 6.13. The summed E-state index contributed by atoms with van der Waals surface area (Å²) in [7, 11) is 0. The molecule has 0 fully saturated rings. The molecule has 2 N–H and O–H groups in total. The summed E-state index contributed by atoms with van der Waals surface area (Å²) in [5, 5.41) is 5.17. The van der Waals surface area contributed by atoms with Crippen LogP contribution in [0.4, 0.5) is 0 Å². The molecule has 0 aliphatic rings. The molecule has 0 aliphatic carbocycles. The zero-order chi connectivity index (χ0) is 16.1. The Kier molecular flexibility index (Phi) is 2.80. The van der Waals surface area contributed by atoms with Crippen LogP contribution < -0.4 is 0 Å². The molecule has 2 aromatic heterocycles. The number of nitrogens with one attached hydrogen (secondary N) is 2. The van der Waals surface area contributed by atoms with Crippen molar-refractivity contribution in [3.8, 4) is 11.3 Å². The molecule has 2 heterocycles. The summed E-state index contributed by atoms with van der Waals surface area (Å²) < 4.78 is 0. The minimum absolute atomic E-state index is 1.00. The van der Waals surface area contributed by atoms with Crippen LogP contribution in [0.1, 0.15) is 12.6 Å². The van der Waals surface area contributed by atoms with Crippen LogP contribution in [0, 0.1) is 0 Å². The molecule has 0 saturated carbocycles. The van der Waals surface area contributed by atoms with Gasteiger partial charge in [0, 0.05) is 38.3 Å². The maximum atomic E-state index is 3.67. The first kappa shape index (κ1) is 13.4. The number of hydrogen-bond donors (Lipinski definition) is 2. The zero-order valence-corrected chi connectivity index (χ0v) is 13.6. The van der Waals surface area contributed by atoms with Crippen LogP contribution in [-0.4, -0.2) is 9.97 Å². The Balaban J connectivity index is 1.90. The number of H-pyrrole nitrogens is 2. The predicted molar refractivity (Wildman–Crippen MR) is 102 cm³/mol. The van der Waals surface area contributed by atoms with Gasteiger partial charge >= 0.3 is 0 Å². The van der Waals surface area contributed by atoms with Gasteiger partial charge in [0.15, 0.2) is 0 Å². The van der Waals surface area contributed by atoms with Crippen molar-refractivity contribution in [3.63, 3.8) is 0 Å². The molecule has 5 aromatic rings. The van der Waals surface area contributed by atoms with E-state index in [9.17, 15) is 0 Å². The summed E-state index contributed by atoms with van der Waals surface area (Å²) in [6.45, 7) is 2.20. The molecule has 0 aliphatic heterocycles. The van der Waals surface area contributed by atoms with Crippen LogP contribution in [0.3, 0.4) is 0 Å². The van der Waals surface area contributed by atoms with E-state index in [1.165, 1.54) is 49.5 Å². The largest absolute Gasteiger partial charge is 0.357 e. The van der Waals surface area contributed by atoms with Crippen LogP contribution in [0.5, 0.6) is 0 Å². The van der Waals surface area contributed by atoms with Gasteiger partial charge in [-0.3, -0.25) is 0 Å². The molecular weight excluding hydrogens is 292 g/mol. The van der Waals surface area contributed by atoms with Crippen LogP contribution in [0.25, 0.3) is 43.8 Å². The second-order valence-electron chi connectivity index (χ2n) is 6.28. The first-order valence-electron chi connectivity index (χ1n) is 8.46. The highest BCUT2D eigenvalue weighted by Gasteiger charge is 2.14. The number of rotatable bonds is 2. The molecule has 0 atom stereocenters. The molecule has 2 nitrogen and oxygen atoms in total. The zero-order valence-electron chi connectivity index (χ0n) is 13.6. The second kappa shape index (κ2) is 5.00. The number of aryl methyl sites for hydroxylation is 1.